The molecular weight excluding hydrogens is 437 g/mol. The van der Waals surface area contributed by atoms with Crippen molar-refractivity contribution in [3.63, 3.8) is 0 Å². The highest BCUT2D eigenvalue weighted by Crippen LogP contribution is 2.39. The van der Waals surface area contributed by atoms with Gasteiger partial charge in [0.15, 0.2) is 18.1 Å². The Morgan fingerprint density at radius 2 is 1.58 bits per heavy atom. The van der Waals surface area contributed by atoms with E-state index in [0.717, 1.165) is 12.1 Å². The summed E-state index contributed by atoms with van der Waals surface area (Å²) in [5.41, 5.74) is 4.55. The van der Waals surface area contributed by atoms with Gasteiger partial charge in [-0.05, 0) is 51.1 Å². The summed E-state index contributed by atoms with van der Waals surface area (Å²) in [5, 5.41) is 5.01. The Hall–Kier alpha value is -4.02. The Morgan fingerprint density at radius 1 is 0.970 bits per heavy atom. The van der Waals surface area contributed by atoms with Crippen LogP contribution in [0.25, 0.3) is 0 Å². The van der Waals surface area contributed by atoms with Gasteiger partial charge in [-0.25, -0.2) is 9.18 Å². The van der Waals surface area contributed by atoms with E-state index in [2.05, 4.69) is 10.6 Å². The SMILES string of the molecule is COc1cc(C(=O)Nc2cc(F)ccc2NC(=O)OC(C)(C)C)cc(OC)c1OCC(N)=O. The van der Waals surface area contributed by atoms with Crippen molar-refractivity contribution in [2.45, 2.75) is 26.4 Å². The highest BCUT2D eigenvalue weighted by atomic mass is 19.1. The Bertz CT molecular complexity index is 1030. The minimum absolute atomic E-state index is 0.00199. The van der Waals surface area contributed by atoms with E-state index in [1.54, 1.807) is 20.8 Å². The molecule has 2 aromatic rings. The summed E-state index contributed by atoms with van der Waals surface area (Å²) in [4.78, 5) is 36.1. The second-order valence-electron chi connectivity index (χ2n) is 7.74. The van der Waals surface area contributed by atoms with Crippen LogP contribution in [0.1, 0.15) is 31.1 Å². The molecule has 0 aromatic heterocycles. The summed E-state index contributed by atoms with van der Waals surface area (Å²) in [7, 11) is 2.67. The number of hydrogen-bond acceptors (Lipinski definition) is 7. The first kappa shape index (κ1) is 25.2. The third-order valence-electron chi connectivity index (χ3n) is 3.95. The number of primary amides is 1. The van der Waals surface area contributed by atoms with Crippen molar-refractivity contribution in [2.24, 2.45) is 5.73 Å². The molecule has 0 aliphatic carbocycles. The molecule has 3 amide bonds. The van der Waals surface area contributed by atoms with Crippen molar-refractivity contribution in [1.29, 1.82) is 0 Å². The Kier molecular flexibility index (Phi) is 8.05. The predicted molar refractivity (Wildman–Crippen MR) is 118 cm³/mol. The fourth-order valence-corrected chi connectivity index (χ4v) is 2.63. The minimum atomic E-state index is -0.774. The molecule has 0 fully saturated rings. The lowest BCUT2D eigenvalue weighted by atomic mass is 10.1. The van der Waals surface area contributed by atoms with Gasteiger partial charge < -0.3 is 30.0 Å². The van der Waals surface area contributed by atoms with Crippen molar-refractivity contribution in [2.75, 3.05) is 31.5 Å². The molecule has 2 aromatic carbocycles. The molecule has 0 unspecified atom stereocenters. The van der Waals surface area contributed by atoms with Crippen molar-refractivity contribution >= 4 is 29.3 Å². The zero-order valence-electron chi connectivity index (χ0n) is 18.9. The highest BCUT2D eigenvalue weighted by Gasteiger charge is 2.21. The fraction of sp³-hybridized carbons (Fsp3) is 0.318. The molecule has 0 heterocycles. The number of amides is 3. The molecule has 0 aliphatic rings. The van der Waals surface area contributed by atoms with Crippen LogP contribution in [0.5, 0.6) is 17.2 Å². The molecule has 11 heteroatoms. The topological polar surface area (TPSA) is 138 Å². The van der Waals surface area contributed by atoms with Gasteiger partial charge in [-0.15, -0.1) is 0 Å². The summed E-state index contributed by atoms with van der Waals surface area (Å²) >= 11 is 0. The van der Waals surface area contributed by atoms with Crippen LogP contribution in [-0.2, 0) is 9.53 Å². The summed E-state index contributed by atoms with van der Waals surface area (Å²) in [6.07, 6.45) is -0.774. The van der Waals surface area contributed by atoms with Crippen molar-refractivity contribution in [1.82, 2.24) is 0 Å². The van der Waals surface area contributed by atoms with Gasteiger partial charge in [-0.1, -0.05) is 0 Å². The van der Waals surface area contributed by atoms with Crippen LogP contribution in [0.15, 0.2) is 30.3 Å². The van der Waals surface area contributed by atoms with E-state index in [4.69, 9.17) is 24.7 Å². The number of halogens is 1. The van der Waals surface area contributed by atoms with Gasteiger partial charge in [0.1, 0.15) is 11.4 Å². The number of carbonyl (C=O) groups is 3. The lowest BCUT2D eigenvalue weighted by Crippen LogP contribution is -2.27. The number of benzene rings is 2. The molecule has 4 N–H and O–H groups in total. The van der Waals surface area contributed by atoms with Gasteiger partial charge in [0.05, 0.1) is 25.6 Å². The summed E-state index contributed by atoms with van der Waals surface area (Å²) in [5.74, 6) is -1.72. The molecule has 0 saturated heterocycles. The molecule has 0 spiro atoms. The molecule has 0 atom stereocenters. The first-order valence-electron chi connectivity index (χ1n) is 9.71. The zero-order chi connectivity index (χ0) is 24.8. The molecule has 33 heavy (non-hydrogen) atoms. The normalized spacial score (nSPS) is 10.7. The van der Waals surface area contributed by atoms with Crippen molar-refractivity contribution in [3.8, 4) is 17.2 Å². The summed E-state index contributed by atoms with van der Waals surface area (Å²) < 4.78 is 34.8. The first-order valence-corrected chi connectivity index (χ1v) is 9.71. The Morgan fingerprint density at radius 3 is 2.09 bits per heavy atom. The third-order valence-corrected chi connectivity index (χ3v) is 3.95. The molecule has 0 saturated carbocycles. The van der Waals surface area contributed by atoms with E-state index < -0.39 is 35.9 Å². The monoisotopic (exact) mass is 463 g/mol. The van der Waals surface area contributed by atoms with Crippen LogP contribution in [0.2, 0.25) is 0 Å². The molecule has 0 bridgehead atoms. The van der Waals surface area contributed by atoms with Crippen LogP contribution in [0.3, 0.4) is 0 Å². The van der Waals surface area contributed by atoms with Crippen LogP contribution in [0.4, 0.5) is 20.6 Å². The van der Waals surface area contributed by atoms with Gasteiger partial charge in [-0.2, -0.15) is 0 Å². The summed E-state index contributed by atoms with van der Waals surface area (Å²) in [6, 6.07) is 6.14. The lowest BCUT2D eigenvalue weighted by Gasteiger charge is -2.20. The number of anilines is 2. The molecule has 10 nitrogen and oxygen atoms in total. The number of carbonyl (C=O) groups excluding carboxylic acids is 3. The predicted octanol–water partition coefficient (Wildman–Crippen LogP) is 3.31. The molecule has 0 aliphatic heterocycles. The number of rotatable bonds is 8. The summed E-state index contributed by atoms with van der Waals surface area (Å²) in [6.45, 7) is 4.65. The molecular formula is C22H26FN3O7. The van der Waals surface area contributed by atoms with Crippen LogP contribution in [0, 0.1) is 5.82 Å². The van der Waals surface area contributed by atoms with E-state index in [1.165, 1.54) is 32.4 Å². The van der Waals surface area contributed by atoms with Gasteiger partial charge in [0.2, 0.25) is 5.75 Å². The Balaban J connectivity index is 2.33. The van der Waals surface area contributed by atoms with Gasteiger partial charge in [-0.3, -0.25) is 14.9 Å². The van der Waals surface area contributed by atoms with E-state index in [-0.39, 0.29) is 34.2 Å². The third kappa shape index (κ3) is 7.27. The number of nitrogens with two attached hydrogens (primary N) is 1. The number of hydrogen-bond donors (Lipinski definition) is 3. The largest absolute Gasteiger partial charge is 0.493 e. The standard InChI is InChI=1S/C22H26FN3O7/c1-22(2,3)33-21(29)26-14-7-6-13(23)10-15(14)25-20(28)12-8-16(30-4)19(17(9-12)31-5)32-11-18(24)27/h6-10H,11H2,1-5H3,(H2,24,27)(H,25,28)(H,26,29). The second kappa shape index (κ2) is 10.5. The number of ether oxygens (including phenoxy) is 4. The smallest absolute Gasteiger partial charge is 0.412 e. The Labute approximate surface area is 190 Å². The number of nitrogens with one attached hydrogen (secondary N) is 2. The zero-order valence-corrected chi connectivity index (χ0v) is 18.9. The second-order valence-corrected chi connectivity index (χ2v) is 7.74. The van der Waals surface area contributed by atoms with E-state index in [1.807, 2.05) is 0 Å². The first-order chi connectivity index (χ1) is 15.4. The maximum absolute atomic E-state index is 13.9. The maximum atomic E-state index is 13.9. The molecule has 178 valence electrons. The van der Waals surface area contributed by atoms with Crippen molar-refractivity contribution < 1.29 is 37.7 Å². The fourth-order valence-electron chi connectivity index (χ4n) is 2.63. The average molecular weight is 463 g/mol. The molecule has 2 rings (SSSR count). The maximum Gasteiger partial charge on any atom is 0.412 e. The van der Waals surface area contributed by atoms with Crippen LogP contribution < -0.4 is 30.6 Å². The average Bonchev–Trinajstić information content (AvgIpc) is 2.72. The van der Waals surface area contributed by atoms with Crippen LogP contribution >= 0.6 is 0 Å². The quantitative estimate of drug-likeness (QED) is 0.546. The lowest BCUT2D eigenvalue weighted by molar-refractivity contribution is -0.120. The van der Waals surface area contributed by atoms with Gasteiger partial charge >= 0.3 is 6.09 Å². The van der Waals surface area contributed by atoms with E-state index in [0.29, 0.717) is 0 Å². The van der Waals surface area contributed by atoms with Crippen molar-refractivity contribution in [3.05, 3.63) is 41.7 Å². The van der Waals surface area contributed by atoms with Crippen LogP contribution in [-0.4, -0.2) is 44.3 Å². The van der Waals surface area contributed by atoms with Gasteiger partial charge in [0, 0.05) is 5.56 Å². The van der Waals surface area contributed by atoms with E-state index >= 15 is 0 Å². The van der Waals surface area contributed by atoms with E-state index in [9.17, 15) is 18.8 Å². The highest BCUT2D eigenvalue weighted by molar-refractivity contribution is 6.07. The minimum Gasteiger partial charge on any atom is -0.493 e. The van der Waals surface area contributed by atoms with Gasteiger partial charge in [0.25, 0.3) is 11.8 Å². The molecule has 0 radical (unpaired) electrons. The number of methoxy groups -OCH3 is 2.